The number of ether oxygens (including phenoxy) is 1. The summed E-state index contributed by atoms with van der Waals surface area (Å²) in [5, 5.41) is 28.1. The average Bonchev–Trinajstić information content (AvgIpc) is 2.35. The van der Waals surface area contributed by atoms with Crippen molar-refractivity contribution < 1.29 is 19.6 Å². The Morgan fingerprint density at radius 2 is 2.28 bits per heavy atom. The van der Waals surface area contributed by atoms with Crippen LogP contribution < -0.4 is 4.74 Å². The molecule has 0 aliphatic carbocycles. The van der Waals surface area contributed by atoms with Gasteiger partial charge in [0.25, 0.3) is 5.69 Å². The van der Waals surface area contributed by atoms with Crippen molar-refractivity contribution in [2.75, 3.05) is 7.11 Å². The van der Waals surface area contributed by atoms with E-state index in [1.807, 2.05) is 0 Å². The number of benzene rings is 1. The smallest absolute Gasteiger partial charge is 0.346 e. The molecule has 0 aromatic heterocycles. The number of methoxy groups -OCH3 is 1. The number of carboxylic acids is 1. The van der Waals surface area contributed by atoms with E-state index < -0.39 is 16.5 Å². The first-order valence-corrected chi connectivity index (χ1v) is 4.67. The van der Waals surface area contributed by atoms with E-state index in [2.05, 4.69) is 0 Å². The fraction of sp³-hybridized carbons (Fsp3) is 0.0909. The van der Waals surface area contributed by atoms with Gasteiger partial charge in [-0.25, -0.2) is 4.79 Å². The van der Waals surface area contributed by atoms with Crippen LogP contribution >= 0.6 is 0 Å². The van der Waals surface area contributed by atoms with E-state index in [-0.39, 0.29) is 17.0 Å². The van der Waals surface area contributed by atoms with Gasteiger partial charge in [-0.15, -0.1) is 0 Å². The molecule has 0 spiro atoms. The van der Waals surface area contributed by atoms with E-state index in [4.69, 9.17) is 15.1 Å². The van der Waals surface area contributed by atoms with Crippen LogP contribution in [0.25, 0.3) is 6.08 Å². The maximum atomic E-state index is 10.8. The van der Waals surface area contributed by atoms with Crippen LogP contribution in [-0.2, 0) is 4.79 Å². The number of rotatable bonds is 4. The third-order valence-electron chi connectivity index (χ3n) is 2.08. The summed E-state index contributed by atoms with van der Waals surface area (Å²) in [5.74, 6) is -1.17. The molecule has 0 heterocycles. The maximum absolute atomic E-state index is 10.8. The lowest BCUT2D eigenvalue weighted by Crippen LogP contribution is -1.99. The Morgan fingerprint density at radius 3 is 2.72 bits per heavy atom. The lowest BCUT2D eigenvalue weighted by molar-refractivity contribution is -0.385. The van der Waals surface area contributed by atoms with Gasteiger partial charge in [-0.3, -0.25) is 10.1 Å². The summed E-state index contributed by atoms with van der Waals surface area (Å²) in [4.78, 5) is 20.8. The highest BCUT2D eigenvalue weighted by Gasteiger charge is 2.16. The van der Waals surface area contributed by atoms with Crippen molar-refractivity contribution in [1.82, 2.24) is 0 Å². The van der Waals surface area contributed by atoms with Gasteiger partial charge in [0.2, 0.25) is 0 Å². The Hall–Kier alpha value is -2.88. The molecule has 1 N–H and O–H groups in total. The Bertz CT molecular complexity index is 571. The first-order chi connectivity index (χ1) is 8.49. The summed E-state index contributed by atoms with van der Waals surface area (Å²) < 4.78 is 4.83. The van der Waals surface area contributed by atoms with Crippen molar-refractivity contribution in [3.05, 3.63) is 39.4 Å². The summed E-state index contributed by atoms with van der Waals surface area (Å²) >= 11 is 0. The van der Waals surface area contributed by atoms with Crippen LogP contribution in [0.4, 0.5) is 5.69 Å². The number of hydrogen-bond donors (Lipinski definition) is 1. The third-order valence-corrected chi connectivity index (χ3v) is 2.08. The van der Waals surface area contributed by atoms with E-state index in [9.17, 15) is 14.9 Å². The Kier molecular flexibility index (Phi) is 3.99. The summed E-state index contributed by atoms with van der Waals surface area (Å²) in [6.45, 7) is 0. The third kappa shape index (κ3) is 2.82. The second kappa shape index (κ2) is 5.45. The molecule has 0 aliphatic rings. The highest BCUT2D eigenvalue weighted by atomic mass is 16.6. The van der Waals surface area contributed by atoms with Crippen molar-refractivity contribution in [2.45, 2.75) is 0 Å². The van der Waals surface area contributed by atoms with E-state index in [0.29, 0.717) is 0 Å². The molecular weight excluding hydrogens is 240 g/mol. The molecular formula is C11H8N2O5. The molecule has 0 unspecified atom stereocenters. The van der Waals surface area contributed by atoms with Gasteiger partial charge >= 0.3 is 5.97 Å². The molecule has 0 saturated carbocycles. The molecule has 1 aromatic carbocycles. The van der Waals surface area contributed by atoms with E-state index in [1.54, 1.807) is 0 Å². The highest BCUT2D eigenvalue weighted by Crippen LogP contribution is 2.26. The number of carboxylic acid groups (broad SMARTS) is 1. The van der Waals surface area contributed by atoms with Gasteiger partial charge in [0.1, 0.15) is 17.4 Å². The topological polar surface area (TPSA) is 113 Å². The van der Waals surface area contributed by atoms with Crippen molar-refractivity contribution in [2.24, 2.45) is 0 Å². The molecule has 0 saturated heterocycles. The predicted molar refractivity (Wildman–Crippen MR) is 60.9 cm³/mol. The predicted octanol–water partition coefficient (Wildman–Crippen LogP) is 1.59. The lowest BCUT2D eigenvalue weighted by Gasteiger charge is -2.02. The van der Waals surface area contributed by atoms with Crippen LogP contribution in [0.5, 0.6) is 5.75 Å². The van der Waals surface area contributed by atoms with Crippen molar-refractivity contribution in [3.63, 3.8) is 0 Å². The fourth-order valence-corrected chi connectivity index (χ4v) is 1.23. The molecule has 92 valence electrons. The average molecular weight is 248 g/mol. The maximum Gasteiger partial charge on any atom is 0.346 e. The van der Waals surface area contributed by atoms with Crippen LogP contribution in [0.1, 0.15) is 5.56 Å². The van der Waals surface area contributed by atoms with Crippen molar-refractivity contribution in [1.29, 1.82) is 5.26 Å². The number of aliphatic carboxylic acids is 1. The van der Waals surface area contributed by atoms with E-state index in [0.717, 1.165) is 12.1 Å². The quantitative estimate of drug-likeness (QED) is 0.374. The minimum Gasteiger partial charge on any atom is -0.497 e. The normalized spacial score (nSPS) is 10.6. The Morgan fingerprint density at radius 1 is 1.61 bits per heavy atom. The molecule has 0 aliphatic heterocycles. The van der Waals surface area contributed by atoms with Crippen LogP contribution in [0.2, 0.25) is 0 Å². The molecule has 0 atom stereocenters. The molecule has 0 amide bonds. The monoisotopic (exact) mass is 248 g/mol. The van der Waals surface area contributed by atoms with Crippen LogP contribution in [0, 0.1) is 21.4 Å². The van der Waals surface area contributed by atoms with Gasteiger partial charge in [-0.05, 0) is 18.2 Å². The molecule has 0 radical (unpaired) electrons. The molecule has 7 nitrogen and oxygen atoms in total. The SMILES string of the molecule is COc1ccc(/C=C(\C#N)C(=O)O)c([N+](=O)[O-])c1. The molecule has 0 bridgehead atoms. The second-order valence-electron chi connectivity index (χ2n) is 3.16. The molecule has 18 heavy (non-hydrogen) atoms. The number of hydrogen-bond acceptors (Lipinski definition) is 5. The van der Waals surface area contributed by atoms with Gasteiger partial charge in [0.05, 0.1) is 23.7 Å². The van der Waals surface area contributed by atoms with Crippen molar-refractivity contribution in [3.8, 4) is 11.8 Å². The zero-order valence-electron chi connectivity index (χ0n) is 9.28. The minimum atomic E-state index is -1.44. The van der Waals surface area contributed by atoms with Crippen LogP contribution in [0.3, 0.4) is 0 Å². The molecule has 1 rings (SSSR count). The minimum absolute atomic E-state index is 0.0275. The van der Waals surface area contributed by atoms with Gasteiger partial charge < -0.3 is 9.84 Å². The number of carbonyl (C=O) groups is 1. The fourth-order valence-electron chi connectivity index (χ4n) is 1.23. The molecule has 1 aromatic rings. The van der Waals surface area contributed by atoms with Gasteiger partial charge in [0, 0.05) is 0 Å². The number of nitriles is 1. The molecule has 7 heteroatoms. The zero-order chi connectivity index (χ0) is 13.7. The second-order valence-corrected chi connectivity index (χ2v) is 3.16. The zero-order valence-corrected chi connectivity index (χ0v) is 9.28. The number of nitro groups is 1. The Labute approximate surface area is 102 Å². The summed E-state index contributed by atoms with van der Waals surface area (Å²) in [7, 11) is 1.35. The summed E-state index contributed by atoms with van der Waals surface area (Å²) in [6.07, 6.45) is 0.944. The first kappa shape index (κ1) is 13.2. The largest absolute Gasteiger partial charge is 0.497 e. The van der Waals surface area contributed by atoms with Crippen LogP contribution in [-0.4, -0.2) is 23.1 Å². The van der Waals surface area contributed by atoms with E-state index in [1.165, 1.54) is 25.3 Å². The van der Waals surface area contributed by atoms with Crippen LogP contribution in [0.15, 0.2) is 23.8 Å². The van der Waals surface area contributed by atoms with Gasteiger partial charge in [-0.1, -0.05) is 0 Å². The Balaban J connectivity index is 3.37. The summed E-state index contributed by atoms with van der Waals surface area (Å²) in [5.41, 5.74) is -0.883. The summed E-state index contributed by atoms with van der Waals surface area (Å²) in [6, 6.07) is 5.36. The van der Waals surface area contributed by atoms with E-state index >= 15 is 0 Å². The van der Waals surface area contributed by atoms with Gasteiger partial charge in [-0.2, -0.15) is 5.26 Å². The lowest BCUT2D eigenvalue weighted by atomic mass is 10.1. The number of nitrogens with zero attached hydrogens (tertiary/aromatic N) is 2. The first-order valence-electron chi connectivity index (χ1n) is 4.67. The standard InChI is InChI=1S/C11H8N2O5/c1-18-9-3-2-7(10(5-9)13(16)17)4-8(6-12)11(14)15/h2-5H,1H3,(H,14,15)/b8-4+. The highest BCUT2D eigenvalue weighted by molar-refractivity contribution is 5.97. The van der Waals surface area contributed by atoms with Gasteiger partial charge in [0.15, 0.2) is 0 Å². The number of nitro benzene ring substituents is 1. The van der Waals surface area contributed by atoms with Crippen molar-refractivity contribution >= 4 is 17.7 Å². The molecule has 0 fully saturated rings.